The first-order valence-corrected chi connectivity index (χ1v) is 10.7. The van der Waals surface area contributed by atoms with E-state index in [1.165, 1.54) is 0 Å². The lowest BCUT2D eigenvalue weighted by Gasteiger charge is -2.09. The number of fused-ring (bicyclic) bond motifs is 1. The molecule has 0 atom stereocenters. The highest BCUT2D eigenvalue weighted by atomic mass is 32.1. The molecule has 8 heteroatoms. The zero-order chi connectivity index (χ0) is 21.1. The molecule has 0 aliphatic heterocycles. The average Bonchev–Trinajstić information content (AvgIpc) is 3.36. The molecule has 0 fully saturated rings. The number of hydrogen-bond acceptors (Lipinski definition) is 5. The van der Waals surface area contributed by atoms with Crippen LogP contribution in [0, 0.1) is 13.8 Å². The summed E-state index contributed by atoms with van der Waals surface area (Å²) >= 11 is 1.62. The van der Waals surface area contributed by atoms with Gasteiger partial charge in [0, 0.05) is 35.8 Å². The number of aromatic nitrogens is 4. The minimum Gasteiger partial charge on any atom is -0.351 e. The predicted molar refractivity (Wildman–Crippen MR) is 117 cm³/mol. The fourth-order valence-electron chi connectivity index (χ4n) is 3.49. The van der Waals surface area contributed by atoms with Crippen LogP contribution >= 0.6 is 11.3 Å². The second-order valence-electron chi connectivity index (χ2n) is 7.34. The molecule has 30 heavy (non-hydrogen) atoms. The van der Waals surface area contributed by atoms with Gasteiger partial charge >= 0.3 is 5.56 Å². The van der Waals surface area contributed by atoms with Crippen molar-refractivity contribution in [3.63, 3.8) is 0 Å². The van der Waals surface area contributed by atoms with E-state index in [-0.39, 0.29) is 17.1 Å². The smallest absolute Gasteiger partial charge is 0.300 e. The summed E-state index contributed by atoms with van der Waals surface area (Å²) < 4.78 is 3.30. The van der Waals surface area contributed by atoms with Crippen LogP contribution in [-0.2, 0) is 17.8 Å². The molecule has 1 N–H and O–H groups in total. The highest BCUT2D eigenvalue weighted by molar-refractivity contribution is 7.09. The quantitative estimate of drug-likeness (QED) is 0.497. The maximum atomic E-state index is 12.9. The number of benzene rings is 1. The molecule has 0 unspecified atom stereocenters. The Morgan fingerprint density at radius 1 is 1.13 bits per heavy atom. The Hall–Kier alpha value is -3.26. The maximum Gasteiger partial charge on any atom is 0.300 e. The van der Waals surface area contributed by atoms with E-state index in [9.17, 15) is 9.59 Å². The molecule has 0 saturated carbocycles. The van der Waals surface area contributed by atoms with E-state index in [2.05, 4.69) is 21.6 Å². The normalized spacial score (nSPS) is 11.1. The number of thiophene rings is 1. The Morgan fingerprint density at radius 2 is 1.93 bits per heavy atom. The van der Waals surface area contributed by atoms with E-state index in [4.69, 9.17) is 0 Å². The first kappa shape index (κ1) is 20.0. The Balaban J connectivity index is 1.44. The number of nitrogens with zero attached hydrogens (tertiary/aromatic N) is 4. The number of aryl methyl sites for hydroxylation is 3. The number of amides is 1. The van der Waals surface area contributed by atoms with Crippen molar-refractivity contribution in [2.45, 2.75) is 39.7 Å². The third-order valence-corrected chi connectivity index (χ3v) is 5.75. The molecule has 0 radical (unpaired) electrons. The van der Waals surface area contributed by atoms with E-state index in [1.54, 1.807) is 32.7 Å². The van der Waals surface area contributed by atoms with E-state index in [1.807, 2.05) is 43.5 Å². The average molecular weight is 422 g/mol. The summed E-state index contributed by atoms with van der Waals surface area (Å²) in [6.45, 7) is 4.57. The largest absolute Gasteiger partial charge is 0.351 e. The summed E-state index contributed by atoms with van der Waals surface area (Å²) in [6.07, 6.45) is 5.16. The van der Waals surface area contributed by atoms with Crippen LogP contribution in [0.2, 0.25) is 0 Å². The van der Waals surface area contributed by atoms with Crippen LogP contribution in [0.15, 0.2) is 52.9 Å². The molecule has 0 aliphatic carbocycles. The molecule has 3 heterocycles. The minimum atomic E-state index is -0.213. The third-order valence-electron chi connectivity index (χ3n) is 4.87. The minimum absolute atomic E-state index is 0.00870. The molecule has 7 nitrogen and oxygen atoms in total. The Labute approximate surface area is 178 Å². The lowest BCUT2D eigenvalue weighted by molar-refractivity contribution is -0.121. The summed E-state index contributed by atoms with van der Waals surface area (Å²) in [5.41, 5.74) is 3.07. The van der Waals surface area contributed by atoms with Gasteiger partial charge in [-0.25, -0.2) is 0 Å². The van der Waals surface area contributed by atoms with Gasteiger partial charge in [-0.1, -0.05) is 12.1 Å². The lowest BCUT2D eigenvalue weighted by atomic mass is 10.1. The second kappa shape index (κ2) is 8.62. The van der Waals surface area contributed by atoms with Gasteiger partial charge in [-0.3, -0.25) is 18.6 Å². The lowest BCUT2D eigenvalue weighted by Crippen LogP contribution is -2.22. The fourth-order valence-corrected chi connectivity index (χ4v) is 4.14. The van der Waals surface area contributed by atoms with Gasteiger partial charge in [0.15, 0.2) is 0 Å². The number of nitrogens with one attached hydrogen (secondary N) is 1. The molecule has 0 saturated heterocycles. The standard InChI is InChI=1S/C22H23N5O2S/c1-15-11-16(2)13-17(12-15)26-8-9-27-19(24-25-21(27)22(26)29)6-3-7-20(28)23-14-18-5-4-10-30-18/h4-5,8-13H,3,6-7,14H2,1-2H3,(H,23,28). The van der Waals surface area contributed by atoms with Gasteiger partial charge in [0.1, 0.15) is 5.82 Å². The summed E-state index contributed by atoms with van der Waals surface area (Å²) in [6, 6.07) is 9.97. The van der Waals surface area contributed by atoms with Gasteiger partial charge in [0.25, 0.3) is 0 Å². The number of hydrogen-bond donors (Lipinski definition) is 1. The fraction of sp³-hybridized carbons (Fsp3) is 0.273. The van der Waals surface area contributed by atoms with Gasteiger partial charge in [-0.05, 0) is 55.0 Å². The molecule has 4 rings (SSSR count). The molecule has 0 spiro atoms. The van der Waals surface area contributed by atoms with Gasteiger partial charge in [-0.15, -0.1) is 21.5 Å². The first-order valence-electron chi connectivity index (χ1n) is 9.84. The molecule has 3 aromatic heterocycles. The predicted octanol–water partition coefficient (Wildman–Crippen LogP) is 3.20. The first-order chi connectivity index (χ1) is 14.5. The molecule has 0 aliphatic rings. The number of rotatable bonds is 7. The number of carbonyl (C=O) groups excluding carboxylic acids is 1. The van der Waals surface area contributed by atoms with Crippen LogP contribution in [-0.4, -0.2) is 25.1 Å². The second-order valence-corrected chi connectivity index (χ2v) is 8.37. The summed E-state index contributed by atoms with van der Waals surface area (Å²) in [5, 5.41) is 13.2. The number of carbonyl (C=O) groups is 1. The van der Waals surface area contributed by atoms with Crippen LogP contribution < -0.4 is 10.9 Å². The van der Waals surface area contributed by atoms with E-state index in [0.717, 1.165) is 21.7 Å². The van der Waals surface area contributed by atoms with Crippen molar-refractivity contribution in [2.75, 3.05) is 0 Å². The molecule has 154 valence electrons. The van der Waals surface area contributed by atoms with E-state index >= 15 is 0 Å². The zero-order valence-electron chi connectivity index (χ0n) is 17.0. The van der Waals surface area contributed by atoms with Crippen molar-refractivity contribution >= 4 is 22.9 Å². The van der Waals surface area contributed by atoms with Gasteiger partial charge in [0.05, 0.1) is 6.54 Å². The molecular formula is C22H23N5O2S. The molecule has 1 amide bonds. The van der Waals surface area contributed by atoms with Crippen molar-refractivity contribution in [2.24, 2.45) is 0 Å². The Bertz CT molecular complexity index is 1220. The highest BCUT2D eigenvalue weighted by Crippen LogP contribution is 2.13. The van der Waals surface area contributed by atoms with Crippen molar-refractivity contribution in [1.29, 1.82) is 0 Å². The summed E-state index contributed by atoms with van der Waals surface area (Å²) in [5.74, 6) is 0.690. The maximum absolute atomic E-state index is 12.9. The van der Waals surface area contributed by atoms with Gasteiger partial charge in [0.2, 0.25) is 11.6 Å². The SMILES string of the molecule is Cc1cc(C)cc(-n2ccn3c(CCCC(=O)NCc4cccs4)nnc3c2=O)c1. The third kappa shape index (κ3) is 4.33. The van der Waals surface area contributed by atoms with Crippen LogP contribution in [0.25, 0.3) is 11.3 Å². The van der Waals surface area contributed by atoms with Crippen LogP contribution in [0.1, 0.15) is 34.7 Å². The van der Waals surface area contributed by atoms with E-state index < -0.39 is 0 Å². The van der Waals surface area contributed by atoms with Crippen LogP contribution in [0.5, 0.6) is 0 Å². The summed E-state index contributed by atoms with van der Waals surface area (Å²) in [7, 11) is 0. The van der Waals surface area contributed by atoms with Crippen molar-refractivity contribution in [3.8, 4) is 5.69 Å². The monoisotopic (exact) mass is 421 g/mol. The van der Waals surface area contributed by atoms with Crippen LogP contribution in [0.3, 0.4) is 0 Å². The Morgan fingerprint density at radius 3 is 2.67 bits per heavy atom. The van der Waals surface area contributed by atoms with Gasteiger partial charge < -0.3 is 5.32 Å². The van der Waals surface area contributed by atoms with Gasteiger partial charge in [-0.2, -0.15) is 0 Å². The molecule has 1 aromatic carbocycles. The van der Waals surface area contributed by atoms with Crippen molar-refractivity contribution < 1.29 is 4.79 Å². The molecule has 4 aromatic rings. The highest BCUT2D eigenvalue weighted by Gasteiger charge is 2.12. The van der Waals surface area contributed by atoms with E-state index in [0.29, 0.717) is 31.6 Å². The molecule has 0 bridgehead atoms. The summed E-state index contributed by atoms with van der Waals surface area (Å²) in [4.78, 5) is 26.1. The van der Waals surface area contributed by atoms with Crippen molar-refractivity contribution in [3.05, 3.63) is 80.3 Å². The zero-order valence-corrected chi connectivity index (χ0v) is 17.8. The van der Waals surface area contributed by atoms with Crippen LogP contribution in [0.4, 0.5) is 0 Å². The van der Waals surface area contributed by atoms with Crippen molar-refractivity contribution in [1.82, 2.24) is 24.5 Å². The topological polar surface area (TPSA) is 81.3 Å². The molecular weight excluding hydrogens is 398 g/mol. The Kier molecular flexibility index (Phi) is 5.76.